The monoisotopic (exact) mass is 382 g/mol. The zero-order valence-corrected chi connectivity index (χ0v) is 17.1. The van der Waals surface area contributed by atoms with E-state index in [1.165, 1.54) is 0 Å². The van der Waals surface area contributed by atoms with Crippen LogP contribution in [-0.2, 0) is 16.1 Å². The molecule has 0 bridgehead atoms. The Morgan fingerprint density at radius 3 is 2.39 bits per heavy atom. The van der Waals surface area contributed by atoms with Crippen molar-refractivity contribution < 1.29 is 14.6 Å². The molecule has 3 rings (SSSR count). The molecule has 28 heavy (non-hydrogen) atoms. The van der Waals surface area contributed by atoms with Crippen LogP contribution in [0.4, 0.5) is 0 Å². The van der Waals surface area contributed by atoms with Crippen molar-refractivity contribution in [2.45, 2.75) is 59.8 Å². The molecule has 1 N–H and O–H groups in total. The molecule has 0 fully saturated rings. The van der Waals surface area contributed by atoms with Crippen molar-refractivity contribution in [3.05, 3.63) is 41.6 Å². The average molecular weight is 382 g/mol. The van der Waals surface area contributed by atoms with Crippen LogP contribution >= 0.6 is 0 Å². The average Bonchev–Trinajstić information content (AvgIpc) is 2.92. The Bertz CT molecular complexity index is 1010. The van der Waals surface area contributed by atoms with Crippen LogP contribution in [-0.4, -0.2) is 36.4 Å². The molecule has 7 heteroatoms. The molecule has 3 aromatic rings. The van der Waals surface area contributed by atoms with Gasteiger partial charge in [-0.25, -0.2) is 9.97 Å². The van der Waals surface area contributed by atoms with Crippen LogP contribution in [0, 0.1) is 13.8 Å². The molecule has 0 spiro atoms. The Balaban J connectivity index is 2.10. The topological polar surface area (TPSA) is 90.1 Å². The van der Waals surface area contributed by atoms with E-state index < -0.39 is 11.7 Å². The Labute approximate surface area is 164 Å². The number of benzene rings is 1. The first-order valence-corrected chi connectivity index (χ1v) is 9.25. The van der Waals surface area contributed by atoms with Gasteiger partial charge in [0.05, 0.1) is 17.3 Å². The highest BCUT2D eigenvalue weighted by molar-refractivity contribution is 5.90. The highest BCUT2D eigenvalue weighted by Gasteiger charge is 2.22. The number of carbonyl (C=O) groups is 1. The number of aromatic nitrogens is 4. The fourth-order valence-corrected chi connectivity index (χ4v) is 3.18. The van der Waals surface area contributed by atoms with E-state index in [0.717, 1.165) is 27.6 Å². The van der Waals surface area contributed by atoms with Gasteiger partial charge in [-0.1, -0.05) is 0 Å². The predicted molar refractivity (Wildman–Crippen MR) is 107 cm³/mol. The summed E-state index contributed by atoms with van der Waals surface area (Å²) in [6, 6.07) is 3.96. The fourth-order valence-electron chi connectivity index (χ4n) is 3.18. The first-order valence-electron chi connectivity index (χ1n) is 9.25. The molecule has 0 aliphatic rings. The number of fused-ring (bicyclic) bond motifs is 1. The third-order valence-electron chi connectivity index (χ3n) is 4.27. The lowest BCUT2D eigenvalue weighted by Crippen LogP contribution is -2.27. The summed E-state index contributed by atoms with van der Waals surface area (Å²) >= 11 is 0. The molecule has 148 valence electrons. The molecule has 1 aromatic carbocycles. The summed E-state index contributed by atoms with van der Waals surface area (Å²) in [6.07, 6.45) is 2.78. The Hall–Kier alpha value is -2.80. The van der Waals surface area contributed by atoms with Gasteiger partial charge in [0.15, 0.2) is 0 Å². The molecule has 0 aliphatic carbocycles. The molecule has 2 aromatic heterocycles. The number of ether oxygens (including phenoxy) is 1. The highest BCUT2D eigenvalue weighted by Crippen LogP contribution is 2.31. The number of carbonyl (C=O) groups excluding carboxylic acids is 1. The van der Waals surface area contributed by atoms with E-state index in [0.29, 0.717) is 11.5 Å². The largest absolute Gasteiger partial charge is 0.459 e. The van der Waals surface area contributed by atoms with Crippen LogP contribution in [0.2, 0.25) is 0 Å². The smallest absolute Gasteiger partial charge is 0.328 e. The summed E-state index contributed by atoms with van der Waals surface area (Å²) in [6.45, 7) is 10.9. The lowest BCUT2D eigenvalue weighted by atomic mass is 10.0. The summed E-state index contributed by atoms with van der Waals surface area (Å²) in [7, 11) is 0. The van der Waals surface area contributed by atoms with Crippen LogP contribution < -0.4 is 0 Å². The molecule has 0 radical (unpaired) electrons. The Morgan fingerprint density at radius 1 is 1.18 bits per heavy atom. The van der Waals surface area contributed by atoms with Crippen molar-refractivity contribution >= 4 is 16.9 Å². The number of esters is 1. The normalized spacial score (nSPS) is 13.0. The summed E-state index contributed by atoms with van der Waals surface area (Å²) in [5, 5.41) is 15.5. The Kier molecular flexibility index (Phi) is 5.21. The first-order chi connectivity index (χ1) is 13.0. The van der Waals surface area contributed by atoms with Crippen molar-refractivity contribution in [2.75, 3.05) is 0 Å². The number of aryl methyl sites for hydroxylation is 2. The van der Waals surface area contributed by atoms with Crippen molar-refractivity contribution in [2.24, 2.45) is 0 Å². The summed E-state index contributed by atoms with van der Waals surface area (Å²) in [4.78, 5) is 20.8. The fraction of sp³-hybridized carbons (Fsp3) is 0.429. The zero-order chi connectivity index (χ0) is 20.6. The lowest BCUT2D eigenvalue weighted by Gasteiger charge is -2.19. The predicted octanol–water partition coefficient (Wildman–Crippen LogP) is 3.51. The summed E-state index contributed by atoms with van der Waals surface area (Å²) < 4.78 is 7.03. The van der Waals surface area contributed by atoms with E-state index in [2.05, 4.69) is 15.1 Å². The standard InChI is InChI=1S/C21H26N4O3/c1-12-7-15(16-9-22-14(3)23-10-16)8-17-19(13(2)26)24-25(20(12)17)11-18(27)28-21(4,5)6/h7-10,13,26H,11H2,1-6H3. The van der Waals surface area contributed by atoms with Gasteiger partial charge in [-0.2, -0.15) is 5.10 Å². The van der Waals surface area contributed by atoms with Gasteiger partial charge in [0, 0.05) is 23.3 Å². The van der Waals surface area contributed by atoms with E-state index in [1.54, 1.807) is 24.0 Å². The van der Waals surface area contributed by atoms with Crippen LogP contribution in [0.15, 0.2) is 24.5 Å². The van der Waals surface area contributed by atoms with E-state index in [4.69, 9.17) is 4.74 Å². The van der Waals surface area contributed by atoms with Crippen LogP contribution in [0.1, 0.15) is 50.9 Å². The SMILES string of the molecule is Cc1ncc(-c2cc(C)c3c(c2)c(C(C)O)nn3CC(=O)OC(C)(C)C)cn1. The lowest BCUT2D eigenvalue weighted by molar-refractivity contribution is -0.155. The third-order valence-corrected chi connectivity index (χ3v) is 4.27. The van der Waals surface area contributed by atoms with Gasteiger partial charge in [-0.3, -0.25) is 9.48 Å². The van der Waals surface area contributed by atoms with Crippen molar-refractivity contribution in [1.29, 1.82) is 0 Å². The quantitative estimate of drug-likeness (QED) is 0.695. The number of aliphatic hydroxyl groups is 1. The number of nitrogens with zero attached hydrogens (tertiary/aromatic N) is 4. The van der Waals surface area contributed by atoms with Crippen molar-refractivity contribution in [3.8, 4) is 11.1 Å². The molecule has 2 heterocycles. The molecular weight excluding hydrogens is 356 g/mol. The molecule has 0 aliphatic heterocycles. The second-order valence-corrected chi connectivity index (χ2v) is 8.01. The second-order valence-electron chi connectivity index (χ2n) is 8.01. The molecule has 1 atom stereocenters. The minimum Gasteiger partial charge on any atom is -0.459 e. The maximum atomic E-state index is 12.3. The minimum absolute atomic E-state index is 0.0195. The summed E-state index contributed by atoms with van der Waals surface area (Å²) in [5.74, 6) is 0.334. The maximum absolute atomic E-state index is 12.3. The highest BCUT2D eigenvalue weighted by atomic mass is 16.6. The van der Waals surface area contributed by atoms with Gasteiger partial charge in [0.25, 0.3) is 0 Å². The first kappa shape index (κ1) is 19.9. The van der Waals surface area contributed by atoms with Gasteiger partial charge in [0.2, 0.25) is 0 Å². The van der Waals surface area contributed by atoms with Crippen molar-refractivity contribution in [3.63, 3.8) is 0 Å². The molecule has 7 nitrogen and oxygen atoms in total. The number of hydrogen-bond donors (Lipinski definition) is 1. The van der Waals surface area contributed by atoms with Gasteiger partial charge in [0.1, 0.15) is 18.0 Å². The van der Waals surface area contributed by atoms with Crippen LogP contribution in [0.25, 0.3) is 22.0 Å². The van der Waals surface area contributed by atoms with Gasteiger partial charge in [-0.05, 0) is 64.8 Å². The molecule has 0 saturated carbocycles. The number of hydrogen-bond acceptors (Lipinski definition) is 6. The molecule has 0 amide bonds. The number of rotatable bonds is 4. The molecule has 0 saturated heterocycles. The van der Waals surface area contributed by atoms with Gasteiger partial charge < -0.3 is 9.84 Å². The second kappa shape index (κ2) is 7.31. The van der Waals surface area contributed by atoms with Crippen LogP contribution in [0.5, 0.6) is 0 Å². The van der Waals surface area contributed by atoms with E-state index in [-0.39, 0.29) is 12.5 Å². The van der Waals surface area contributed by atoms with E-state index >= 15 is 0 Å². The van der Waals surface area contributed by atoms with Crippen molar-refractivity contribution in [1.82, 2.24) is 19.7 Å². The molecule has 1 unspecified atom stereocenters. The zero-order valence-electron chi connectivity index (χ0n) is 17.1. The van der Waals surface area contributed by atoms with E-state index in [9.17, 15) is 9.90 Å². The minimum atomic E-state index is -0.772. The van der Waals surface area contributed by atoms with Gasteiger partial charge >= 0.3 is 5.97 Å². The van der Waals surface area contributed by atoms with Crippen LogP contribution in [0.3, 0.4) is 0 Å². The maximum Gasteiger partial charge on any atom is 0.328 e. The third kappa shape index (κ3) is 4.20. The molecular formula is C21H26N4O3. The van der Waals surface area contributed by atoms with Gasteiger partial charge in [-0.15, -0.1) is 0 Å². The summed E-state index contributed by atoms with van der Waals surface area (Å²) in [5.41, 5.74) is 3.52. The van der Waals surface area contributed by atoms with E-state index in [1.807, 2.05) is 46.8 Å². The number of aliphatic hydroxyl groups excluding tert-OH is 1. The Morgan fingerprint density at radius 2 is 1.82 bits per heavy atom.